The molecule has 0 saturated carbocycles. The van der Waals surface area contributed by atoms with Crippen LogP contribution in [0.2, 0.25) is 0 Å². The van der Waals surface area contributed by atoms with Crippen molar-refractivity contribution in [3.8, 4) is 11.8 Å². The van der Waals surface area contributed by atoms with Crippen molar-refractivity contribution in [2.45, 2.75) is 26.5 Å². The summed E-state index contributed by atoms with van der Waals surface area (Å²) in [5.41, 5.74) is 1.85. The minimum absolute atomic E-state index is 0.0692. The van der Waals surface area contributed by atoms with Crippen LogP contribution in [0, 0.1) is 11.8 Å². The molecule has 0 aromatic heterocycles. The molecule has 1 rings (SSSR count). The van der Waals surface area contributed by atoms with Gasteiger partial charge in [0, 0.05) is 11.6 Å². The van der Waals surface area contributed by atoms with Crippen LogP contribution >= 0.6 is 0 Å². The van der Waals surface area contributed by atoms with Crippen molar-refractivity contribution in [2.75, 3.05) is 6.54 Å². The zero-order valence-electron chi connectivity index (χ0n) is 9.25. The van der Waals surface area contributed by atoms with Gasteiger partial charge in [0.05, 0.1) is 13.2 Å². The van der Waals surface area contributed by atoms with Crippen LogP contribution in [0.5, 0.6) is 0 Å². The largest absolute Gasteiger partial charge is 0.392 e. The highest BCUT2D eigenvalue weighted by molar-refractivity contribution is 5.37. The first kappa shape index (κ1) is 11.8. The lowest BCUT2D eigenvalue weighted by Crippen LogP contribution is -2.22. The lowest BCUT2D eigenvalue weighted by atomic mass is 10.1. The van der Waals surface area contributed by atoms with Crippen LogP contribution in [0.15, 0.2) is 24.3 Å². The van der Waals surface area contributed by atoms with Crippen molar-refractivity contribution in [1.29, 1.82) is 0 Å². The second-order valence-electron chi connectivity index (χ2n) is 3.70. The molecule has 0 aliphatic carbocycles. The van der Waals surface area contributed by atoms with Gasteiger partial charge in [-0.3, -0.25) is 0 Å². The van der Waals surface area contributed by atoms with Crippen LogP contribution in [-0.4, -0.2) is 17.7 Å². The molecule has 0 radical (unpaired) electrons. The number of aliphatic hydroxyl groups is 1. The van der Waals surface area contributed by atoms with E-state index in [1.54, 1.807) is 0 Å². The van der Waals surface area contributed by atoms with Gasteiger partial charge in [0.25, 0.3) is 0 Å². The molecule has 0 amide bonds. The molecular weight excluding hydrogens is 186 g/mol. The Hall–Kier alpha value is -1.30. The van der Waals surface area contributed by atoms with Gasteiger partial charge in [-0.25, -0.2) is 0 Å². The molecule has 2 nitrogen and oxygen atoms in total. The van der Waals surface area contributed by atoms with Crippen LogP contribution in [0.3, 0.4) is 0 Å². The molecule has 1 aromatic rings. The van der Waals surface area contributed by atoms with Crippen LogP contribution in [-0.2, 0) is 6.61 Å². The summed E-state index contributed by atoms with van der Waals surface area (Å²) in [4.78, 5) is 0. The normalized spacial score (nSPS) is 9.87. The average molecular weight is 203 g/mol. The predicted octanol–water partition coefficient (Wildman–Crippen LogP) is 1.53. The molecule has 0 fully saturated rings. The van der Waals surface area contributed by atoms with Crippen LogP contribution in [0.1, 0.15) is 25.0 Å². The number of nitrogens with one attached hydrogen (secondary N) is 1. The van der Waals surface area contributed by atoms with Gasteiger partial charge in [-0.1, -0.05) is 24.0 Å². The van der Waals surface area contributed by atoms with E-state index in [9.17, 15) is 0 Å². The fourth-order valence-corrected chi connectivity index (χ4v) is 1.15. The van der Waals surface area contributed by atoms with Gasteiger partial charge in [-0.2, -0.15) is 0 Å². The second-order valence-corrected chi connectivity index (χ2v) is 3.70. The Morgan fingerprint density at radius 1 is 1.40 bits per heavy atom. The van der Waals surface area contributed by atoms with E-state index in [1.165, 1.54) is 0 Å². The number of benzene rings is 1. The van der Waals surface area contributed by atoms with E-state index >= 15 is 0 Å². The molecule has 1 aromatic carbocycles. The maximum absolute atomic E-state index is 8.95. The molecule has 0 atom stereocenters. The Morgan fingerprint density at radius 2 is 2.20 bits per heavy atom. The highest BCUT2D eigenvalue weighted by Gasteiger charge is 1.91. The van der Waals surface area contributed by atoms with Crippen molar-refractivity contribution in [3.63, 3.8) is 0 Å². The Balaban J connectivity index is 2.55. The number of hydrogen-bond donors (Lipinski definition) is 2. The molecule has 2 N–H and O–H groups in total. The molecule has 15 heavy (non-hydrogen) atoms. The summed E-state index contributed by atoms with van der Waals surface area (Å²) >= 11 is 0. The van der Waals surface area contributed by atoms with Crippen LogP contribution in [0.4, 0.5) is 0 Å². The van der Waals surface area contributed by atoms with Crippen LogP contribution < -0.4 is 5.32 Å². The van der Waals surface area contributed by atoms with Gasteiger partial charge < -0.3 is 10.4 Å². The Bertz CT molecular complexity index is 360. The third-order valence-corrected chi connectivity index (χ3v) is 1.94. The van der Waals surface area contributed by atoms with E-state index in [2.05, 4.69) is 31.0 Å². The molecule has 0 bridgehead atoms. The standard InChI is InChI=1S/C13H17NO/c1-11(2)14-8-4-7-12-5-3-6-13(9-12)10-15/h3,5-6,9,11,14-15H,8,10H2,1-2H3. The minimum atomic E-state index is 0.0692. The molecule has 0 aliphatic heterocycles. The topological polar surface area (TPSA) is 32.3 Å². The summed E-state index contributed by atoms with van der Waals surface area (Å²) in [5, 5.41) is 12.2. The highest BCUT2D eigenvalue weighted by atomic mass is 16.3. The van der Waals surface area contributed by atoms with Crippen molar-refractivity contribution < 1.29 is 5.11 Å². The molecule has 2 heteroatoms. The Labute approximate surface area is 91.3 Å². The Kier molecular flexibility index (Phi) is 4.89. The number of aliphatic hydroxyl groups excluding tert-OH is 1. The number of rotatable bonds is 3. The van der Waals surface area contributed by atoms with Crippen molar-refractivity contribution in [2.24, 2.45) is 0 Å². The summed E-state index contributed by atoms with van der Waals surface area (Å²) in [6.45, 7) is 4.95. The first-order valence-corrected chi connectivity index (χ1v) is 5.14. The Morgan fingerprint density at radius 3 is 2.87 bits per heavy atom. The molecule has 0 spiro atoms. The van der Waals surface area contributed by atoms with Gasteiger partial charge >= 0.3 is 0 Å². The van der Waals surface area contributed by atoms with E-state index in [-0.39, 0.29) is 6.61 Å². The van der Waals surface area contributed by atoms with Crippen molar-refractivity contribution in [3.05, 3.63) is 35.4 Å². The molecule has 0 unspecified atom stereocenters. The highest BCUT2D eigenvalue weighted by Crippen LogP contribution is 2.03. The summed E-state index contributed by atoms with van der Waals surface area (Å²) in [5.74, 6) is 6.09. The van der Waals surface area contributed by atoms with E-state index in [4.69, 9.17) is 5.11 Å². The van der Waals surface area contributed by atoms with E-state index in [0.29, 0.717) is 12.6 Å². The monoisotopic (exact) mass is 203 g/mol. The third-order valence-electron chi connectivity index (χ3n) is 1.94. The van der Waals surface area contributed by atoms with Gasteiger partial charge in [-0.15, -0.1) is 0 Å². The van der Waals surface area contributed by atoms with E-state index < -0.39 is 0 Å². The zero-order valence-corrected chi connectivity index (χ0v) is 9.25. The third kappa shape index (κ3) is 4.64. The van der Waals surface area contributed by atoms with Gasteiger partial charge in [0.1, 0.15) is 0 Å². The molecule has 80 valence electrons. The van der Waals surface area contributed by atoms with E-state index in [0.717, 1.165) is 11.1 Å². The van der Waals surface area contributed by atoms with Crippen LogP contribution in [0.25, 0.3) is 0 Å². The predicted molar refractivity (Wildman–Crippen MR) is 62.4 cm³/mol. The van der Waals surface area contributed by atoms with Gasteiger partial charge in [-0.05, 0) is 31.5 Å². The summed E-state index contributed by atoms with van der Waals surface area (Å²) in [6.07, 6.45) is 0. The molecule has 0 saturated heterocycles. The van der Waals surface area contributed by atoms with Crippen molar-refractivity contribution >= 4 is 0 Å². The first-order chi connectivity index (χ1) is 7.22. The van der Waals surface area contributed by atoms with E-state index in [1.807, 2.05) is 24.3 Å². The summed E-state index contributed by atoms with van der Waals surface area (Å²) in [6, 6.07) is 8.11. The van der Waals surface area contributed by atoms with Crippen molar-refractivity contribution in [1.82, 2.24) is 5.32 Å². The van der Waals surface area contributed by atoms with Gasteiger partial charge in [0.15, 0.2) is 0 Å². The molecular formula is C13H17NO. The second kappa shape index (κ2) is 6.23. The lowest BCUT2D eigenvalue weighted by Gasteiger charge is -2.01. The number of hydrogen-bond acceptors (Lipinski definition) is 2. The minimum Gasteiger partial charge on any atom is -0.392 e. The fraction of sp³-hybridized carbons (Fsp3) is 0.385. The summed E-state index contributed by atoms with van der Waals surface area (Å²) in [7, 11) is 0. The lowest BCUT2D eigenvalue weighted by molar-refractivity contribution is 0.282. The maximum atomic E-state index is 8.95. The smallest absolute Gasteiger partial charge is 0.0682 e. The van der Waals surface area contributed by atoms with Gasteiger partial charge in [0.2, 0.25) is 0 Å². The quantitative estimate of drug-likeness (QED) is 0.730. The first-order valence-electron chi connectivity index (χ1n) is 5.14. The molecule has 0 heterocycles. The molecule has 0 aliphatic rings. The summed E-state index contributed by atoms with van der Waals surface area (Å²) < 4.78 is 0. The SMILES string of the molecule is CC(C)NCC#Cc1cccc(CO)c1. The average Bonchev–Trinajstić information content (AvgIpc) is 2.24. The fourth-order valence-electron chi connectivity index (χ4n) is 1.15. The zero-order chi connectivity index (χ0) is 11.1. The maximum Gasteiger partial charge on any atom is 0.0682 e.